The Morgan fingerprint density at radius 2 is 2.00 bits per heavy atom. The number of halogens is 1. The molecule has 0 unspecified atom stereocenters. The molecule has 0 bridgehead atoms. The summed E-state index contributed by atoms with van der Waals surface area (Å²) in [6.45, 7) is 4.23. The van der Waals surface area contributed by atoms with E-state index in [9.17, 15) is 0 Å². The molecule has 1 aromatic carbocycles. The Labute approximate surface area is 142 Å². The van der Waals surface area contributed by atoms with Crippen molar-refractivity contribution in [2.75, 3.05) is 13.1 Å². The van der Waals surface area contributed by atoms with Crippen LogP contribution in [0.5, 0.6) is 0 Å². The summed E-state index contributed by atoms with van der Waals surface area (Å²) in [6, 6.07) is 12.2. The summed E-state index contributed by atoms with van der Waals surface area (Å²) in [5, 5.41) is 10.4. The van der Waals surface area contributed by atoms with Crippen molar-refractivity contribution >= 4 is 29.9 Å². The molecular formula is C15H21IN4O. The highest BCUT2D eigenvalue weighted by atomic mass is 127. The molecule has 0 amide bonds. The van der Waals surface area contributed by atoms with E-state index in [4.69, 9.17) is 4.52 Å². The number of benzene rings is 1. The Kier molecular flexibility index (Phi) is 8.49. The number of aromatic nitrogens is 1. The fourth-order valence-corrected chi connectivity index (χ4v) is 1.79. The van der Waals surface area contributed by atoms with Crippen molar-refractivity contribution in [3.63, 3.8) is 0 Å². The van der Waals surface area contributed by atoms with Crippen molar-refractivity contribution < 1.29 is 4.52 Å². The number of nitrogens with zero attached hydrogens (tertiary/aromatic N) is 2. The van der Waals surface area contributed by atoms with Gasteiger partial charge in [-0.1, -0.05) is 35.5 Å². The molecule has 5 nitrogen and oxygen atoms in total. The minimum Gasteiger partial charge on any atom is -0.364 e. The monoisotopic (exact) mass is 400 g/mol. The average Bonchev–Trinajstić information content (AvgIpc) is 2.99. The second-order valence-corrected chi connectivity index (χ2v) is 4.35. The van der Waals surface area contributed by atoms with E-state index in [0.29, 0.717) is 6.54 Å². The maximum absolute atomic E-state index is 4.79. The van der Waals surface area contributed by atoms with Crippen LogP contribution in [0, 0.1) is 0 Å². The van der Waals surface area contributed by atoms with Gasteiger partial charge in [0.25, 0.3) is 0 Å². The van der Waals surface area contributed by atoms with Gasteiger partial charge in [0.1, 0.15) is 12.0 Å². The Morgan fingerprint density at radius 3 is 2.67 bits per heavy atom. The molecule has 1 heterocycles. The number of rotatable bonds is 6. The van der Waals surface area contributed by atoms with E-state index in [1.807, 2.05) is 19.1 Å². The van der Waals surface area contributed by atoms with Crippen molar-refractivity contribution in [1.82, 2.24) is 15.8 Å². The van der Waals surface area contributed by atoms with Crippen LogP contribution in [0.15, 0.2) is 52.2 Å². The summed E-state index contributed by atoms with van der Waals surface area (Å²) in [5.74, 6) is 0.798. The highest BCUT2D eigenvalue weighted by molar-refractivity contribution is 14.0. The highest BCUT2D eigenvalue weighted by Crippen LogP contribution is 1.99. The number of hydrogen-bond acceptors (Lipinski definition) is 3. The molecule has 2 N–H and O–H groups in total. The Hall–Kier alpha value is -1.57. The fourth-order valence-electron chi connectivity index (χ4n) is 1.79. The predicted molar refractivity (Wildman–Crippen MR) is 94.9 cm³/mol. The lowest BCUT2D eigenvalue weighted by Crippen LogP contribution is -2.38. The Morgan fingerprint density at radius 1 is 1.19 bits per heavy atom. The summed E-state index contributed by atoms with van der Waals surface area (Å²) in [7, 11) is 0. The van der Waals surface area contributed by atoms with Crippen LogP contribution in [0.3, 0.4) is 0 Å². The van der Waals surface area contributed by atoms with Crippen molar-refractivity contribution in [1.29, 1.82) is 0 Å². The second kappa shape index (κ2) is 10.2. The predicted octanol–water partition coefficient (Wildman–Crippen LogP) is 2.59. The molecular weight excluding hydrogens is 379 g/mol. The third-order valence-corrected chi connectivity index (χ3v) is 2.78. The average molecular weight is 400 g/mol. The lowest BCUT2D eigenvalue weighted by atomic mass is 10.1. The van der Waals surface area contributed by atoms with Crippen LogP contribution in [-0.4, -0.2) is 24.2 Å². The third kappa shape index (κ3) is 6.61. The molecule has 0 aliphatic rings. The van der Waals surface area contributed by atoms with Crippen LogP contribution in [0.2, 0.25) is 0 Å². The number of nitrogens with one attached hydrogen (secondary N) is 2. The van der Waals surface area contributed by atoms with Gasteiger partial charge in [-0.2, -0.15) is 0 Å². The second-order valence-electron chi connectivity index (χ2n) is 4.35. The SMILES string of the molecule is CCNC(=NCc1ccon1)NCCc1ccccc1.I. The summed E-state index contributed by atoms with van der Waals surface area (Å²) in [4.78, 5) is 4.46. The van der Waals surface area contributed by atoms with Gasteiger partial charge in [-0.15, -0.1) is 24.0 Å². The summed E-state index contributed by atoms with van der Waals surface area (Å²) >= 11 is 0. The topological polar surface area (TPSA) is 62.5 Å². The van der Waals surface area contributed by atoms with Crippen LogP contribution in [0.25, 0.3) is 0 Å². The van der Waals surface area contributed by atoms with Gasteiger partial charge in [-0.3, -0.25) is 0 Å². The molecule has 0 fully saturated rings. The maximum Gasteiger partial charge on any atom is 0.191 e. The smallest absolute Gasteiger partial charge is 0.191 e. The molecule has 0 radical (unpaired) electrons. The van der Waals surface area contributed by atoms with E-state index in [2.05, 4.69) is 45.0 Å². The first-order chi connectivity index (χ1) is 9.88. The molecule has 21 heavy (non-hydrogen) atoms. The Balaban J connectivity index is 0.00000220. The minimum atomic E-state index is 0. The van der Waals surface area contributed by atoms with Gasteiger partial charge in [0.2, 0.25) is 0 Å². The van der Waals surface area contributed by atoms with E-state index >= 15 is 0 Å². The van der Waals surface area contributed by atoms with Crippen LogP contribution in [0.1, 0.15) is 18.2 Å². The third-order valence-electron chi connectivity index (χ3n) is 2.78. The van der Waals surface area contributed by atoms with Crippen molar-refractivity contribution in [2.24, 2.45) is 4.99 Å². The minimum absolute atomic E-state index is 0. The molecule has 1 aromatic heterocycles. The van der Waals surface area contributed by atoms with E-state index in [0.717, 1.165) is 31.2 Å². The zero-order valence-electron chi connectivity index (χ0n) is 12.1. The van der Waals surface area contributed by atoms with Gasteiger partial charge in [0, 0.05) is 19.2 Å². The summed E-state index contributed by atoms with van der Waals surface area (Å²) in [6.07, 6.45) is 2.52. The van der Waals surface area contributed by atoms with Crippen molar-refractivity contribution in [3.8, 4) is 0 Å². The zero-order chi connectivity index (χ0) is 14.0. The summed E-state index contributed by atoms with van der Waals surface area (Å²) < 4.78 is 4.79. The lowest BCUT2D eigenvalue weighted by Gasteiger charge is -2.10. The first kappa shape index (κ1) is 17.5. The molecule has 0 spiro atoms. The van der Waals surface area contributed by atoms with Gasteiger partial charge in [-0.05, 0) is 18.9 Å². The van der Waals surface area contributed by atoms with Crippen molar-refractivity contribution in [3.05, 3.63) is 53.9 Å². The molecule has 2 rings (SSSR count). The van der Waals surface area contributed by atoms with Crippen molar-refractivity contribution in [2.45, 2.75) is 19.9 Å². The van der Waals surface area contributed by atoms with Gasteiger partial charge in [0.15, 0.2) is 5.96 Å². The van der Waals surface area contributed by atoms with Crippen LogP contribution < -0.4 is 10.6 Å². The number of guanidine groups is 1. The first-order valence-electron chi connectivity index (χ1n) is 6.84. The molecule has 2 aromatic rings. The van der Waals surface area contributed by atoms with Gasteiger partial charge >= 0.3 is 0 Å². The number of hydrogen-bond donors (Lipinski definition) is 2. The molecule has 0 aliphatic carbocycles. The van der Waals surface area contributed by atoms with E-state index in [1.54, 1.807) is 6.26 Å². The lowest BCUT2D eigenvalue weighted by molar-refractivity contribution is 0.412. The quantitative estimate of drug-likeness (QED) is 0.445. The molecule has 0 aliphatic heterocycles. The van der Waals surface area contributed by atoms with Crippen LogP contribution in [0.4, 0.5) is 0 Å². The molecule has 114 valence electrons. The summed E-state index contributed by atoms with van der Waals surface area (Å²) in [5.41, 5.74) is 2.14. The standard InChI is InChI=1S/C15H20N4O.HI/c1-2-16-15(18-12-14-9-11-20-19-14)17-10-8-13-6-4-3-5-7-13;/h3-7,9,11H,2,8,10,12H2,1H3,(H2,16,17,18);1H. The van der Waals surface area contributed by atoms with E-state index in [1.165, 1.54) is 5.56 Å². The van der Waals surface area contributed by atoms with Crippen LogP contribution in [-0.2, 0) is 13.0 Å². The first-order valence-corrected chi connectivity index (χ1v) is 6.84. The normalized spacial score (nSPS) is 10.8. The van der Waals surface area contributed by atoms with Gasteiger partial charge in [0.05, 0.1) is 6.54 Å². The Bertz CT molecular complexity index is 514. The number of aliphatic imine (C=N–C) groups is 1. The molecule has 6 heteroatoms. The van der Waals surface area contributed by atoms with Crippen LogP contribution >= 0.6 is 24.0 Å². The zero-order valence-corrected chi connectivity index (χ0v) is 14.4. The maximum atomic E-state index is 4.79. The van der Waals surface area contributed by atoms with Gasteiger partial charge in [-0.25, -0.2) is 4.99 Å². The molecule has 0 saturated heterocycles. The largest absolute Gasteiger partial charge is 0.364 e. The van der Waals surface area contributed by atoms with E-state index in [-0.39, 0.29) is 24.0 Å². The molecule has 0 atom stereocenters. The van der Waals surface area contributed by atoms with E-state index < -0.39 is 0 Å². The molecule has 0 saturated carbocycles. The highest BCUT2D eigenvalue weighted by Gasteiger charge is 1.99. The van der Waals surface area contributed by atoms with Gasteiger partial charge < -0.3 is 15.2 Å². The fraction of sp³-hybridized carbons (Fsp3) is 0.333.